The van der Waals surface area contributed by atoms with E-state index in [2.05, 4.69) is 20.3 Å². The number of hydrogen-bond acceptors (Lipinski definition) is 8. The highest BCUT2D eigenvalue weighted by Gasteiger charge is 2.62. The van der Waals surface area contributed by atoms with E-state index >= 15 is 0 Å². The van der Waals surface area contributed by atoms with Gasteiger partial charge in [-0.2, -0.15) is 0 Å². The molecule has 11 heteroatoms. The lowest BCUT2D eigenvalue weighted by atomic mass is 9.86. The number of carboxylic acid groups (broad SMARTS) is 1. The van der Waals surface area contributed by atoms with Crippen LogP contribution in [0.2, 0.25) is 0 Å². The molecule has 2 fully saturated rings. The number of rotatable bonds is 6. The van der Waals surface area contributed by atoms with Gasteiger partial charge >= 0.3 is 5.97 Å². The smallest absolute Gasteiger partial charge is 0.303 e. The highest BCUT2D eigenvalue weighted by molar-refractivity contribution is 6.06. The van der Waals surface area contributed by atoms with Gasteiger partial charge in [-0.05, 0) is 12.1 Å². The molecule has 160 valence electrons. The monoisotopic (exact) mass is 425 g/mol. The van der Waals surface area contributed by atoms with E-state index in [0.29, 0.717) is 16.7 Å². The van der Waals surface area contributed by atoms with Crippen LogP contribution in [0.4, 0.5) is 5.82 Å². The minimum Gasteiger partial charge on any atom is -0.481 e. The van der Waals surface area contributed by atoms with Gasteiger partial charge in [0, 0.05) is 11.5 Å². The molecule has 11 nitrogen and oxygen atoms in total. The molecule has 5 rings (SSSR count). The summed E-state index contributed by atoms with van der Waals surface area (Å²) >= 11 is 0. The van der Waals surface area contributed by atoms with Crippen molar-refractivity contribution < 1.29 is 29.3 Å². The van der Waals surface area contributed by atoms with Crippen LogP contribution >= 0.6 is 0 Å². The quantitative estimate of drug-likeness (QED) is 0.522. The molecular formula is C20H19N5O6. The van der Waals surface area contributed by atoms with E-state index in [-0.39, 0.29) is 31.4 Å². The maximum atomic E-state index is 12.5. The molecule has 0 spiro atoms. The molecule has 3 N–H and O–H groups in total. The van der Waals surface area contributed by atoms with E-state index in [0.717, 1.165) is 0 Å². The number of nitrogens with one attached hydrogen (secondary N) is 1. The topological polar surface area (TPSA) is 149 Å². The number of ether oxygens (including phenoxy) is 2. The molecule has 2 saturated heterocycles. The van der Waals surface area contributed by atoms with Gasteiger partial charge in [0.2, 0.25) is 0 Å². The number of imidazole rings is 1. The van der Waals surface area contributed by atoms with Gasteiger partial charge < -0.3 is 25.0 Å². The van der Waals surface area contributed by atoms with Crippen LogP contribution in [0.5, 0.6) is 0 Å². The van der Waals surface area contributed by atoms with Crippen LogP contribution in [-0.4, -0.2) is 66.5 Å². The third-order valence-corrected chi connectivity index (χ3v) is 5.79. The zero-order valence-electron chi connectivity index (χ0n) is 16.2. The number of fused-ring (bicyclic) bond motifs is 3. The van der Waals surface area contributed by atoms with Crippen molar-refractivity contribution in [2.24, 2.45) is 5.92 Å². The van der Waals surface area contributed by atoms with Gasteiger partial charge in [0.15, 0.2) is 23.2 Å². The van der Waals surface area contributed by atoms with Crippen molar-refractivity contribution in [3.63, 3.8) is 0 Å². The molecular weight excluding hydrogens is 406 g/mol. The zero-order valence-corrected chi connectivity index (χ0v) is 16.2. The Hall–Kier alpha value is -3.41. The summed E-state index contributed by atoms with van der Waals surface area (Å²) in [5.41, 5.74) is 0.120. The fourth-order valence-corrected chi connectivity index (χ4v) is 4.27. The number of aromatic nitrogens is 4. The fourth-order valence-electron chi connectivity index (χ4n) is 4.27. The fraction of sp³-hybridized carbons (Fsp3) is 0.350. The Kier molecular flexibility index (Phi) is 4.65. The average Bonchev–Trinajstić information content (AvgIpc) is 3.44. The summed E-state index contributed by atoms with van der Waals surface area (Å²) in [4.78, 5) is 36.6. The summed E-state index contributed by atoms with van der Waals surface area (Å²) in [6.07, 6.45) is 1.28. The van der Waals surface area contributed by atoms with Gasteiger partial charge in [0.25, 0.3) is 5.91 Å². The van der Waals surface area contributed by atoms with Gasteiger partial charge in [-0.3, -0.25) is 14.2 Å². The number of aliphatic hydroxyl groups excluding tert-OH is 1. The predicted octanol–water partition coefficient (Wildman–Crippen LogP) is 0.828. The van der Waals surface area contributed by atoms with E-state index in [1.165, 1.54) is 12.7 Å². The number of amides is 1. The second kappa shape index (κ2) is 7.38. The van der Waals surface area contributed by atoms with Crippen LogP contribution in [0.25, 0.3) is 11.2 Å². The van der Waals surface area contributed by atoms with Crippen molar-refractivity contribution in [2.75, 3.05) is 18.5 Å². The Bertz CT molecular complexity index is 1150. The van der Waals surface area contributed by atoms with Crippen LogP contribution in [0, 0.1) is 5.92 Å². The molecule has 2 aromatic heterocycles. The minimum atomic E-state index is -1.10. The number of carbonyl (C=O) groups is 2. The van der Waals surface area contributed by atoms with Crippen molar-refractivity contribution >= 4 is 28.9 Å². The van der Waals surface area contributed by atoms with Crippen molar-refractivity contribution in [2.45, 2.75) is 24.4 Å². The van der Waals surface area contributed by atoms with Gasteiger partial charge in [0.05, 0.1) is 26.0 Å². The molecule has 0 radical (unpaired) electrons. The zero-order chi connectivity index (χ0) is 21.6. The number of aliphatic hydroxyl groups is 1. The molecule has 31 heavy (non-hydrogen) atoms. The minimum absolute atomic E-state index is 0.114. The standard InChI is InChI=1S/C20H19N5O6/c26-7-20-8-30-15(12(20)6-13(27)28)19(31-20)25-10-23-14-16(21-9-22-17(14)25)24-18(29)11-4-2-1-3-5-11/h1-5,9-10,12,15,19,26H,6-8H2,(H,27,28)(H,21,22,24,29)/t12-,15?,19-,20+/m1/s1. The van der Waals surface area contributed by atoms with Gasteiger partial charge in [-0.25, -0.2) is 15.0 Å². The van der Waals surface area contributed by atoms with Gasteiger partial charge in [0.1, 0.15) is 18.0 Å². The lowest BCUT2D eigenvalue weighted by Crippen LogP contribution is -2.42. The van der Waals surface area contributed by atoms with Gasteiger partial charge in [-0.15, -0.1) is 0 Å². The van der Waals surface area contributed by atoms with E-state index in [9.17, 15) is 19.8 Å². The number of aliphatic carboxylic acids is 1. The normalized spacial score (nSPS) is 26.9. The predicted molar refractivity (Wildman–Crippen MR) is 105 cm³/mol. The number of carboxylic acids is 1. The first-order valence-corrected chi connectivity index (χ1v) is 9.68. The molecule has 0 saturated carbocycles. The summed E-state index contributed by atoms with van der Waals surface area (Å²) in [6.45, 7) is -0.249. The lowest BCUT2D eigenvalue weighted by Gasteiger charge is -2.30. The molecule has 1 unspecified atom stereocenters. The van der Waals surface area contributed by atoms with Crippen LogP contribution in [-0.2, 0) is 14.3 Å². The third-order valence-electron chi connectivity index (χ3n) is 5.79. The molecule has 3 aromatic rings. The highest BCUT2D eigenvalue weighted by Crippen LogP contribution is 2.50. The van der Waals surface area contributed by atoms with E-state index < -0.39 is 29.8 Å². The second-order valence-electron chi connectivity index (χ2n) is 7.58. The summed E-state index contributed by atoms with van der Waals surface area (Å²) in [6, 6.07) is 8.70. The average molecular weight is 425 g/mol. The van der Waals surface area contributed by atoms with E-state index in [4.69, 9.17) is 9.47 Å². The van der Waals surface area contributed by atoms with Crippen molar-refractivity contribution in [1.29, 1.82) is 0 Å². The number of nitrogens with zero attached hydrogens (tertiary/aromatic N) is 4. The van der Waals surface area contributed by atoms with E-state index in [1.807, 2.05) is 6.07 Å². The SMILES string of the molecule is O=C(O)C[C@@H]1C2OC[C@]1(CO)O[C@H]2n1cnc2c(NC(=O)c3ccccc3)ncnc21. The number of anilines is 1. The molecule has 2 aliphatic heterocycles. The Labute approximate surface area is 175 Å². The number of hydrogen-bond donors (Lipinski definition) is 3. The Morgan fingerprint density at radius 3 is 2.77 bits per heavy atom. The Morgan fingerprint density at radius 2 is 2.03 bits per heavy atom. The molecule has 2 aliphatic rings. The molecule has 2 bridgehead atoms. The maximum absolute atomic E-state index is 12.5. The van der Waals surface area contributed by atoms with Crippen molar-refractivity contribution in [3.8, 4) is 0 Å². The molecule has 1 aromatic carbocycles. The van der Waals surface area contributed by atoms with Crippen LogP contribution < -0.4 is 5.32 Å². The Balaban J connectivity index is 1.47. The number of benzene rings is 1. The van der Waals surface area contributed by atoms with Crippen molar-refractivity contribution in [1.82, 2.24) is 19.5 Å². The van der Waals surface area contributed by atoms with E-state index in [1.54, 1.807) is 28.8 Å². The Morgan fingerprint density at radius 1 is 1.23 bits per heavy atom. The van der Waals surface area contributed by atoms with Crippen LogP contribution in [0.3, 0.4) is 0 Å². The maximum Gasteiger partial charge on any atom is 0.303 e. The molecule has 1 amide bonds. The summed E-state index contributed by atoms with van der Waals surface area (Å²) in [7, 11) is 0. The number of carbonyl (C=O) groups excluding carboxylic acids is 1. The van der Waals surface area contributed by atoms with Crippen LogP contribution in [0.15, 0.2) is 43.0 Å². The first kappa shape index (κ1) is 19.5. The summed E-state index contributed by atoms with van der Waals surface area (Å²) < 4.78 is 13.5. The first-order chi connectivity index (χ1) is 15.0. The lowest BCUT2D eigenvalue weighted by molar-refractivity contribution is -0.184. The van der Waals surface area contributed by atoms with Crippen LogP contribution in [0.1, 0.15) is 23.0 Å². The summed E-state index contributed by atoms with van der Waals surface area (Å²) in [5, 5.41) is 21.9. The second-order valence-corrected chi connectivity index (χ2v) is 7.58. The molecule has 0 aliphatic carbocycles. The first-order valence-electron chi connectivity index (χ1n) is 9.68. The summed E-state index contributed by atoms with van der Waals surface area (Å²) in [5.74, 6) is -1.61. The van der Waals surface area contributed by atoms with Gasteiger partial charge in [-0.1, -0.05) is 18.2 Å². The van der Waals surface area contributed by atoms with Crippen molar-refractivity contribution in [3.05, 3.63) is 48.5 Å². The third kappa shape index (κ3) is 3.14. The molecule has 4 heterocycles. The highest BCUT2D eigenvalue weighted by atomic mass is 16.6. The largest absolute Gasteiger partial charge is 0.481 e. The molecule has 4 atom stereocenters.